The maximum Gasteiger partial charge on any atom is 0.355 e. The molecule has 0 fully saturated rings. The van der Waals surface area contributed by atoms with Crippen molar-refractivity contribution in [3.8, 4) is 0 Å². The molecule has 0 saturated carbocycles. The summed E-state index contributed by atoms with van der Waals surface area (Å²) >= 11 is 1.32. The van der Waals surface area contributed by atoms with Gasteiger partial charge in [-0.25, -0.2) is 14.8 Å². The molecule has 0 spiro atoms. The van der Waals surface area contributed by atoms with Crippen LogP contribution in [-0.4, -0.2) is 25.6 Å². The first-order valence-electron chi connectivity index (χ1n) is 5.00. The zero-order valence-corrected chi connectivity index (χ0v) is 10.2. The third kappa shape index (κ3) is 2.44. The van der Waals surface area contributed by atoms with Crippen LogP contribution < -0.4 is 5.32 Å². The van der Waals surface area contributed by atoms with Gasteiger partial charge in [-0.3, -0.25) is 0 Å². The highest BCUT2D eigenvalue weighted by molar-refractivity contribution is 7.09. The molecule has 0 aliphatic rings. The van der Waals surface area contributed by atoms with E-state index in [4.69, 9.17) is 5.11 Å². The Labute approximate surface area is 102 Å². The van der Waals surface area contributed by atoms with Crippen molar-refractivity contribution in [3.05, 3.63) is 28.5 Å². The van der Waals surface area contributed by atoms with E-state index in [1.165, 1.54) is 16.7 Å². The van der Waals surface area contributed by atoms with Gasteiger partial charge in [0.1, 0.15) is 5.01 Å². The monoisotopic (exact) mass is 252 g/mol. The Bertz CT molecular complexity index is 534. The molecule has 6 nitrogen and oxygen atoms in total. The van der Waals surface area contributed by atoms with E-state index in [-0.39, 0.29) is 11.7 Å². The first kappa shape index (κ1) is 11.6. The molecule has 7 heteroatoms. The van der Waals surface area contributed by atoms with Crippen molar-refractivity contribution < 1.29 is 9.90 Å². The van der Waals surface area contributed by atoms with Crippen LogP contribution in [0.2, 0.25) is 0 Å². The second kappa shape index (κ2) is 4.54. The standard InChI is InChI=1S/C10H12N4O2S/c1-6(12-10-11-3-4-14(10)2)8-13-7(5-17-8)9(15)16/h3-6H,1-2H3,(H,11,12)(H,15,16). The van der Waals surface area contributed by atoms with Crippen molar-refractivity contribution in [2.75, 3.05) is 5.32 Å². The summed E-state index contributed by atoms with van der Waals surface area (Å²) in [4.78, 5) is 18.9. The van der Waals surface area contributed by atoms with Gasteiger partial charge in [0.2, 0.25) is 5.95 Å². The fraction of sp³-hybridized carbons (Fsp3) is 0.300. The average Bonchev–Trinajstić information content (AvgIpc) is 2.88. The lowest BCUT2D eigenvalue weighted by molar-refractivity contribution is 0.0691. The number of aromatic carboxylic acids is 1. The molecule has 0 bridgehead atoms. The van der Waals surface area contributed by atoms with Gasteiger partial charge in [-0.15, -0.1) is 11.3 Å². The summed E-state index contributed by atoms with van der Waals surface area (Å²) in [5.74, 6) is -0.277. The number of carboxylic acid groups (broad SMARTS) is 1. The zero-order valence-electron chi connectivity index (χ0n) is 9.41. The number of aryl methyl sites for hydroxylation is 1. The smallest absolute Gasteiger partial charge is 0.355 e. The second-order valence-corrected chi connectivity index (χ2v) is 4.49. The number of carbonyl (C=O) groups is 1. The number of aromatic nitrogens is 3. The maximum atomic E-state index is 10.7. The summed E-state index contributed by atoms with van der Waals surface area (Å²) in [6.45, 7) is 1.92. The molecule has 1 unspecified atom stereocenters. The maximum absolute atomic E-state index is 10.7. The Balaban J connectivity index is 2.12. The molecule has 0 saturated heterocycles. The molecular weight excluding hydrogens is 240 g/mol. The Kier molecular flexibility index (Phi) is 3.10. The second-order valence-electron chi connectivity index (χ2n) is 3.60. The number of hydrogen-bond donors (Lipinski definition) is 2. The van der Waals surface area contributed by atoms with Gasteiger partial charge < -0.3 is 15.0 Å². The van der Waals surface area contributed by atoms with Gasteiger partial charge in [0, 0.05) is 24.8 Å². The van der Waals surface area contributed by atoms with Crippen molar-refractivity contribution in [1.82, 2.24) is 14.5 Å². The summed E-state index contributed by atoms with van der Waals surface area (Å²) in [7, 11) is 1.88. The molecule has 2 heterocycles. The molecule has 0 radical (unpaired) electrons. The molecule has 1 atom stereocenters. The Morgan fingerprint density at radius 2 is 2.41 bits per heavy atom. The van der Waals surface area contributed by atoms with Crippen LogP contribution in [0.5, 0.6) is 0 Å². The number of carboxylic acids is 1. The van der Waals surface area contributed by atoms with Crippen LogP contribution in [0.1, 0.15) is 28.5 Å². The minimum absolute atomic E-state index is 0.0748. The molecular formula is C10H12N4O2S. The van der Waals surface area contributed by atoms with E-state index in [0.29, 0.717) is 0 Å². The van der Waals surface area contributed by atoms with Gasteiger partial charge in [0.15, 0.2) is 5.69 Å². The first-order chi connectivity index (χ1) is 8.08. The molecule has 17 heavy (non-hydrogen) atoms. The number of imidazole rings is 1. The Hall–Kier alpha value is -1.89. The van der Waals surface area contributed by atoms with Crippen molar-refractivity contribution in [1.29, 1.82) is 0 Å². The van der Waals surface area contributed by atoms with Crippen molar-refractivity contribution in [2.24, 2.45) is 7.05 Å². The molecule has 0 aliphatic heterocycles. The van der Waals surface area contributed by atoms with Crippen LogP contribution in [0.15, 0.2) is 17.8 Å². The van der Waals surface area contributed by atoms with Gasteiger partial charge in [-0.2, -0.15) is 0 Å². The largest absolute Gasteiger partial charge is 0.476 e. The quantitative estimate of drug-likeness (QED) is 0.866. The highest BCUT2D eigenvalue weighted by Gasteiger charge is 2.14. The molecule has 0 aliphatic carbocycles. The van der Waals surface area contributed by atoms with Crippen molar-refractivity contribution >= 4 is 23.3 Å². The molecule has 90 valence electrons. The molecule has 0 amide bonds. The predicted octanol–water partition coefficient (Wildman–Crippen LogP) is 1.75. The molecule has 0 aromatic carbocycles. The van der Waals surface area contributed by atoms with E-state index in [9.17, 15) is 4.79 Å². The average molecular weight is 252 g/mol. The van der Waals surface area contributed by atoms with E-state index in [1.807, 2.05) is 24.7 Å². The normalized spacial score (nSPS) is 12.4. The molecule has 2 aromatic heterocycles. The summed E-state index contributed by atoms with van der Waals surface area (Å²) in [5.41, 5.74) is 0.0819. The summed E-state index contributed by atoms with van der Waals surface area (Å²) in [6, 6.07) is -0.0748. The lowest BCUT2D eigenvalue weighted by Gasteiger charge is -2.11. The predicted molar refractivity (Wildman–Crippen MR) is 64.3 cm³/mol. The van der Waals surface area contributed by atoms with Gasteiger partial charge in [0.25, 0.3) is 0 Å². The van der Waals surface area contributed by atoms with Gasteiger partial charge in [-0.1, -0.05) is 0 Å². The van der Waals surface area contributed by atoms with Gasteiger partial charge >= 0.3 is 5.97 Å². The van der Waals surface area contributed by atoms with Crippen LogP contribution >= 0.6 is 11.3 Å². The third-order valence-electron chi connectivity index (χ3n) is 2.28. The summed E-state index contributed by atoms with van der Waals surface area (Å²) < 4.78 is 1.85. The number of hydrogen-bond acceptors (Lipinski definition) is 5. The fourth-order valence-electron chi connectivity index (χ4n) is 1.34. The van der Waals surface area contributed by atoms with E-state index >= 15 is 0 Å². The number of nitrogens with zero attached hydrogens (tertiary/aromatic N) is 3. The van der Waals surface area contributed by atoms with E-state index in [0.717, 1.165) is 11.0 Å². The molecule has 2 aromatic rings. The first-order valence-corrected chi connectivity index (χ1v) is 5.88. The van der Waals surface area contributed by atoms with Crippen LogP contribution in [0.25, 0.3) is 0 Å². The summed E-state index contributed by atoms with van der Waals surface area (Å²) in [6.07, 6.45) is 3.53. The fourth-order valence-corrected chi connectivity index (χ4v) is 2.14. The number of rotatable bonds is 4. The van der Waals surface area contributed by atoms with Gasteiger partial charge in [0.05, 0.1) is 6.04 Å². The highest BCUT2D eigenvalue weighted by Crippen LogP contribution is 2.21. The van der Waals surface area contributed by atoms with Crippen LogP contribution in [0.3, 0.4) is 0 Å². The highest BCUT2D eigenvalue weighted by atomic mass is 32.1. The van der Waals surface area contributed by atoms with Crippen LogP contribution in [-0.2, 0) is 7.05 Å². The number of nitrogens with one attached hydrogen (secondary N) is 1. The SMILES string of the molecule is CC(Nc1nccn1C)c1nc(C(=O)O)cs1. The number of anilines is 1. The lowest BCUT2D eigenvalue weighted by Crippen LogP contribution is -2.10. The van der Waals surface area contributed by atoms with E-state index in [1.54, 1.807) is 6.20 Å². The molecule has 2 rings (SSSR count). The minimum Gasteiger partial charge on any atom is -0.476 e. The summed E-state index contributed by atoms with van der Waals surface area (Å²) in [5, 5.41) is 14.2. The Morgan fingerprint density at radius 1 is 1.65 bits per heavy atom. The van der Waals surface area contributed by atoms with Crippen LogP contribution in [0, 0.1) is 0 Å². The third-order valence-corrected chi connectivity index (χ3v) is 3.31. The van der Waals surface area contributed by atoms with Crippen molar-refractivity contribution in [2.45, 2.75) is 13.0 Å². The van der Waals surface area contributed by atoms with Gasteiger partial charge in [-0.05, 0) is 6.92 Å². The minimum atomic E-state index is -1.00. The van der Waals surface area contributed by atoms with Crippen molar-refractivity contribution in [3.63, 3.8) is 0 Å². The van der Waals surface area contributed by atoms with Crippen LogP contribution in [0.4, 0.5) is 5.95 Å². The Morgan fingerprint density at radius 3 is 2.94 bits per heavy atom. The van der Waals surface area contributed by atoms with E-state index in [2.05, 4.69) is 15.3 Å². The topological polar surface area (TPSA) is 80.0 Å². The lowest BCUT2D eigenvalue weighted by atomic mass is 10.3. The molecule has 2 N–H and O–H groups in total. The number of thiazole rings is 1. The zero-order chi connectivity index (χ0) is 12.4. The van der Waals surface area contributed by atoms with E-state index < -0.39 is 5.97 Å².